The Balaban J connectivity index is 1.37. The van der Waals surface area contributed by atoms with Crippen LogP contribution in [0.4, 0.5) is 0 Å². The van der Waals surface area contributed by atoms with E-state index in [2.05, 4.69) is 10.3 Å². The van der Waals surface area contributed by atoms with Gasteiger partial charge in [0, 0.05) is 42.9 Å². The number of rotatable bonds is 6. The number of nitrogens with zero attached hydrogens (tertiary/aromatic N) is 2. The van der Waals surface area contributed by atoms with Crippen LogP contribution in [0.1, 0.15) is 24.0 Å². The average Bonchev–Trinajstić information content (AvgIpc) is 3.32. The topological polar surface area (TPSA) is 79.4 Å². The van der Waals surface area contributed by atoms with Crippen molar-refractivity contribution in [1.29, 1.82) is 0 Å². The summed E-state index contributed by atoms with van der Waals surface area (Å²) >= 11 is 0. The Bertz CT molecular complexity index is 1180. The Kier molecular flexibility index (Phi) is 5.92. The third-order valence-electron chi connectivity index (χ3n) is 5.17. The van der Waals surface area contributed by atoms with E-state index >= 15 is 0 Å². The number of nitrogens with one attached hydrogen (secondary N) is 1. The third kappa shape index (κ3) is 4.42. The Morgan fingerprint density at radius 2 is 1.77 bits per heavy atom. The maximum atomic E-state index is 12.6. The zero-order valence-corrected chi connectivity index (χ0v) is 17.3. The molecule has 154 valence electrons. The average molecular weight is 422 g/mol. The number of pyridine rings is 1. The predicted molar refractivity (Wildman–Crippen MR) is 117 cm³/mol. The second-order valence-corrected chi connectivity index (χ2v) is 9.17. The van der Waals surface area contributed by atoms with Gasteiger partial charge in [0.15, 0.2) is 0 Å². The summed E-state index contributed by atoms with van der Waals surface area (Å²) in [5.41, 5.74) is 2.56. The van der Waals surface area contributed by atoms with E-state index in [1.54, 1.807) is 36.5 Å². The van der Waals surface area contributed by atoms with Crippen molar-refractivity contribution < 1.29 is 13.2 Å². The van der Waals surface area contributed by atoms with Crippen LogP contribution in [0.5, 0.6) is 0 Å². The quantitative estimate of drug-likeness (QED) is 0.619. The minimum atomic E-state index is -3.42. The number of carbonyl (C=O) groups is 1. The van der Waals surface area contributed by atoms with Crippen molar-refractivity contribution in [3.05, 3.63) is 78.0 Å². The molecule has 4 rings (SSSR count). The molecule has 1 amide bonds. The Morgan fingerprint density at radius 3 is 2.53 bits per heavy atom. The standard InChI is InChI=1S/C23H23N3O3S/c27-22(13-10-20-6-3-5-19-7-4-14-24-23(19)20)25-17-18-8-11-21(12-9-18)30(28,29)26-15-1-2-16-26/h3-14H,1-2,15-17H2,(H,25,27). The number of amides is 1. The van der Waals surface area contributed by atoms with Crippen LogP contribution >= 0.6 is 0 Å². The molecule has 7 heteroatoms. The molecule has 1 fully saturated rings. The van der Waals surface area contributed by atoms with E-state index in [1.165, 1.54) is 10.4 Å². The molecule has 2 heterocycles. The van der Waals surface area contributed by atoms with Gasteiger partial charge < -0.3 is 5.32 Å². The number of para-hydroxylation sites is 1. The molecule has 6 nitrogen and oxygen atoms in total. The Morgan fingerprint density at radius 1 is 1.03 bits per heavy atom. The number of aromatic nitrogens is 1. The normalized spacial score (nSPS) is 15.1. The van der Waals surface area contributed by atoms with Gasteiger partial charge in [-0.3, -0.25) is 9.78 Å². The fourth-order valence-corrected chi connectivity index (χ4v) is 5.05. The third-order valence-corrected chi connectivity index (χ3v) is 7.08. The molecule has 0 aliphatic carbocycles. The monoisotopic (exact) mass is 421 g/mol. The molecule has 1 aliphatic rings. The molecule has 3 aromatic rings. The minimum Gasteiger partial charge on any atom is -0.348 e. The van der Waals surface area contributed by atoms with Crippen molar-refractivity contribution in [3.8, 4) is 0 Å². The van der Waals surface area contributed by atoms with Crippen LogP contribution in [0.25, 0.3) is 17.0 Å². The molecule has 1 N–H and O–H groups in total. The summed E-state index contributed by atoms with van der Waals surface area (Å²) in [5.74, 6) is -0.225. The van der Waals surface area contributed by atoms with Gasteiger partial charge in [-0.2, -0.15) is 4.31 Å². The molecule has 0 spiro atoms. The summed E-state index contributed by atoms with van der Waals surface area (Å²) in [5, 5.41) is 3.84. The van der Waals surface area contributed by atoms with Crippen LogP contribution in [0.15, 0.2) is 71.8 Å². The summed E-state index contributed by atoms with van der Waals surface area (Å²) in [4.78, 5) is 16.9. The molecular weight excluding hydrogens is 398 g/mol. The molecule has 0 atom stereocenters. The van der Waals surface area contributed by atoms with E-state index in [4.69, 9.17) is 0 Å². The molecule has 1 aliphatic heterocycles. The van der Waals surface area contributed by atoms with Gasteiger partial charge in [0.1, 0.15) is 0 Å². The highest BCUT2D eigenvalue weighted by Crippen LogP contribution is 2.21. The number of carbonyl (C=O) groups excluding carboxylic acids is 1. The van der Waals surface area contributed by atoms with E-state index in [-0.39, 0.29) is 5.91 Å². The molecular formula is C23H23N3O3S. The first kappa shape index (κ1) is 20.3. The van der Waals surface area contributed by atoms with Gasteiger partial charge in [-0.1, -0.05) is 36.4 Å². The van der Waals surface area contributed by atoms with Gasteiger partial charge in [-0.15, -0.1) is 0 Å². The highest BCUT2D eigenvalue weighted by Gasteiger charge is 2.26. The van der Waals surface area contributed by atoms with E-state index in [0.717, 1.165) is 34.9 Å². The first-order valence-corrected chi connectivity index (χ1v) is 11.4. The summed E-state index contributed by atoms with van der Waals surface area (Å²) in [6.45, 7) is 1.48. The van der Waals surface area contributed by atoms with E-state index in [0.29, 0.717) is 24.5 Å². The molecule has 0 radical (unpaired) electrons. The van der Waals surface area contributed by atoms with Gasteiger partial charge in [-0.25, -0.2) is 8.42 Å². The van der Waals surface area contributed by atoms with Crippen molar-refractivity contribution in [2.24, 2.45) is 0 Å². The van der Waals surface area contributed by atoms with Crippen molar-refractivity contribution >= 4 is 32.9 Å². The predicted octanol–water partition coefficient (Wildman–Crippen LogP) is 3.35. The lowest BCUT2D eigenvalue weighted by molar-refractivity contribution is -0.116. The summed E-state index contributed by atoms with van der Waals surface area (Å²) < 4.78 is 26.7. The van der Waals surface area contributed by atoms with Crippen molar-refractivity contribution in [2.45, 2.75) is 24.3 Å². The Hall–Kier alpha value is -3.03. The van der Waals surface area contributed by atoms with Crippen molar-refractivity contribution in [2.75, 3.05) is 13.1 Å². The highest BCUT2D eigenvalue weighted by molar-refractivity contribution is 7.89. The van der Waals surface area contributed by atoms with E-state index in [9.17, 15) is 13.2 Å². The fourth-order valence-electron chi connectivity index (χ4n) is 3.53. The smallest absolute Gasteiger partial charge is 0.244 e. The van der Waals surface area contributed by atoms with Gasteiger partial charge in [0.25, 0.3) is 0 Å². The lowest BCUT2D eigenvalue weighted by atomic mass is 10.1. The largest absolute Gasteiger partial charge is 0.348 e. The number of hydrogen-bond donors (Lipinski definition) is 1. The van der Waals surface area contributed by atoms with E-state index < -0.39 is 10.0 Å². The molecule has 0 saturated carbocycles. The lowest BCUT2D eigenvalue weighted by Crippen LogP contribution is -2.27. The lowest BCUT2D eigenvalue weighted by Gasteiger charge is -2.15. The molecule has 2 aromatic carbocycles. The molecule has 0 bridgehead atoms. The number of benzene rings is 2. The van der Waals surface area contributed by atoms with Gasteiger partial charge in [0.05, 0.1) is 10.4 Å². The second-order valence-electron chi connectivity index (χ2n) is 7.23. The zero-order chi connectivity index (χ0) is 21.0. The molecule has 0 unspecified atom stereocenters. The first-order chi connectivity index (χ1) is 14.5. The fraction of sp³-hybridized carbons (Fsp3) is 0.217. The van der Waals surface area contributed by atoms with Crippen molar-refractivity contribution in [1.82, 2.24) is 14.6 Å². The first-order valence-electron chi connectivity index (χ1n) is 9.93. The zero-order valence-electron chi connectivity index (χ0n) is 16.5. The number of fused-ring (bicyclic) bond motifs is 1. The Labute approximate surface area is 176 Å². The number of hydrogen-bond acceptors (Lipinski definition) is 4. The van der Waals surface area contributed by atoms with Crippen LogP contribution in [0.2, 0.25) is 0 Å². The molecule has 30 heavy (non-hydrogen) atoms. The maximum Gasteiger partial charge on any atom is 0.244 e. The second kappa shape index (κ2) is 8.77. The van der Waals surface area contributed by atoms with Crippen LogP contribution in [0, 0.1) is 0 Å². The molecule has 1 aromatic heterocycles. The number of sulfonamides is 1. The van der Waals surface area contributed by atoms with Crippen LogP contribution in [-0.4, -0.2) is 36.7 Å². The minimum absolute atomic E-state index is 0.225. The summed E-state index contributed by atoms with van der Waals surface area (Å²) in [6, 6.07) is 16.4. The summed E-state index contributed by atoms with van der Waals surface area (Å²) in [6.07, 6.45) is 6.77. The summed E-state index contributed by atoms with van der Waals surface area (Å²) in [7, 11) is -3.42. The SMILES string of the molecule is O=C(C=Cc1cccc2cccnc12)NCc1ccc(S(=O)(=O)N2CCCC2)cc1. The van der Waals surface area contributed by atoms with Gasteiger partial charge in [0.2, 0.25) is 15.9 Å². The van der Waals surface area contributed by atoms with Crippen LogP contribution in [-0.2, 0) is 21.4 Å². The van der Waals surface area contributed by atoms with Crippen LogP contribution in [0.3, 0.4) is 0 Å². The maximum absolute atomic E-state index is 12.6. The van der Waals surface area contributed by atoms with Gasteiger partial charge >= 0.3 is 0 Å². The molecule has 1 saturated heterocycles. The van der Waals surface area contributed by atoms with Crippen molar-refractivity contribution in [3.63, 3.8) is 0 Å². The van der Waals surface area contributed by atoms with Crippen LogP contribution < -0.4 is 5.32 Å². The highest BCUT2D eigenvalue weighted by atomic mass is 32.2. The van der Waals surface area contributed by atoms with Gasteiger partial charge in [-0.05, 0) is 42.7 Å². The van der Waals surface area contributed by atoms with E-state index in [1.807, 2.05) is 30.3 Å².